The van der Waals surface area contributed by atoms with Crippen molar-refractivity contribution in [3.05, 3.63) is 41.9 Å². The Labute approximate surface area is 107 Å². The van der Waals surface area contributed by atoms with E-state index in [0.29, 0.717) is 0 Å². The summed E-state index contributed by atoms with van der Waals surface area (Å²) in [6, 6.07) is 9.97. The Morgan fingerprint density at radius 2 is 1.88 bits per heavy atom. The fraction of sp³-hybridized carbons (Fsp3) is 0. The van der Waals surface area contributed by atoms with E-state index < -0.39 is 0 Å². The second kappa shape index (κ2) is 4.27. The van der Waals surface area contributed by atoms with Gasteiger partial charge in [-0.05, 0) is 0 Å². The molecule has 3 rings (SSSR count). The summed E-state index contributed by atoms with van der Waals surface area (Å²) < 4.78 is 0. The molecule has 0 amide bonds. The van der Waals surface area contributed by atoms with E-state index in [1.165, 1.54) is 11.3 Å². The Hall–Kier alpha value is -1.72. The predicted octanol–water partition coefficient (Wildman–Crippen LogP) is 3.52. The van der Waals surface area contributed by atoms with Gasteiger partial charge in [-0.1, -0.05) is 41.7 Å². The minimum absolute atomic E-state index is 0.737. The van der Waals surface area contributed by atoms with E-state index >= 15 is 0 Å². The van der Waals surface area contributed by atoms with Crippen LogP contribution in [0.4, 0.5) is 5.00 Å². The van der Waals surface area contributed by atoms with Gasteiger partial charge in [0, 0.05) is 17.1 Å². The Bertz CT molecular complexity index is 615. The van der Waals surface area contributed by atoms with E-state index in [0.717, 1.165) is 26.3 Å². The molecule has 2 heterocycles. The van der Waals surface area contributed by atoms with Gasteiger partial charge in [0.25, 0.3) is 0 Å². The molecule has 0 spiro atoms. The molecule has 0 aliphatic rings. The summed E-state index contributed by atoms with van der Waals surface area (Å²) in [5.74, 6) is 0. The minimum atomic E-state index is 0.737. The van der Waals surface area contributed by atoms with E-state index in [1.807, 2.05) is 35.7 Å². The molecule has 3 nitrogen and oxygen atoms in total. The van der Waals surface area contributed by atoms with Gasteiger partial charge in [0.2, 0.25) is 0 Å². The molecule has 2 N–H and O–H groups in total. The number of aromatic nitrogens is 2. The fourth-order valence-electron chi connectivity index (χ4n) is 1.56. The van der Waals surface area contributed by atoms with Crippen LogP contribution in [-0.4, -0.2) is 9.97 Å². The Balaban J connectivity index is 2.08. The molecule has 0 aliphatic heterocycles. The first-order valence-electron chi connectivity index (χ1n) is 5.06. The lowest BCUT2D eigenvalue weighted by atomic mass is 10.2. The summed E-state index contributed by atoms with van der Waals surface area (Å²) in [5, 5.41) is 4.48. The molecule has 0 saturated heterocycles. The molecule has 0 unspecified atom stereocenters. The van der Waals surface area contributed by atoms with Gasteiger partial charge >= 0.3 is 0 Å². The molecule has 17 heavy (non-hydrogen) atoms. The van der Waals surface area contributed by atoms with E-state index in [2.05, 4.69) is 9.97 Å². The summed E-state index contributed by atoms with van der Waals surface area (Å²) in [7, 11) is 0. The standard InChI is InChI=1S/C12H9N3S2/c13-10-9(8-4-2-1-3-5-8)15-12(17-10)11-14-6-7-16-11/h1-7H,13H2. The van der Waals surface area contributed by atoms with Crippen LogP contribution < -0.4 is 5.73 Å². The normalized spacial score (nSPS) is 10.6. The highest BCUT2D eigenvalue weighted by molar-refractivity contribution is 7.23. The van der Waals surface area contributed by atoms with Crippen LogP contribution in [0.15, 0.2) is 41.9 Å². The molecule has 2 aromatic heterocycles. The summed E-state index contributed by atoms with van der Waals surface area (Å²) in [4.78, 5) is 8.81. The monoisotopic (exact) mass is 259 g/mol. The maximum atomic E-state index is 6.01. The molecule has 0 saturated carbocycles. The van der Waals surface area contributed by atoms with Crippen molar-refractivity contribution in [3.63, 3.8) is 0 Å². The van der Waals surface area contributed by atoms with Gasteiger partial charge in [-0.3, -0.25) is 0 Å². The lowest BCUT2D eigenvalue weighted by Crippen LogP contribution is -1.85. The van der Waals surface area contributed by atoms with Crippen LogP contribution in [0.25, 0.3) is 21.3 Å². The smallest absolute Gasteiger partial charge is 0.154 e. The third-order valence-corrected chi connectivity index (χ3v) is 4.12. The second-order valence-electron chi connectivity index (χ2n) is 3.44. The average molecular weight is 259 g/mol. The van der Waals surface area contributed by atoms with Crippen molar-refractivity contribution >= 4 is 27.7 Å². The highest BCUT2D eigenvalue weighted by atomic mass is 32.1. The Morgan fingerprint density at radius 1 is 1.06 bits per heavy atom. The maximum Gasteiger partial charge on any atom is 0.154 e. The van der Waals surface area contributed by atoms with E-state index in [-0.39, 0.29) is 0 Å². The van der Waals surface area contributed by atoms with Crippen molar-refractivity contribution < 1.29 is 0 Å². The van der Waals surface area contributed by atoms with Gasteiger partial charge in [-0.2, -0.15) is 0 Å². The molecule has 0 atom stereocenters. The van der Waals surface area contributed by atoms with Crippen LogP contribution in [0.5, 0.6) is 0 Å². The molecule has 84 valence electrons. The molecule has 3 aromatic rings. The lowest BCUT2D eigenvalue weighted by molar-refractivity contribution is 1.35. The van der Waals surface area contributed by atoms with Gasteiger partial charge in [-0.15, -0.1) is 11.3 Å². The highest BCUT2D eigenvalue weighted by Gasteiger charge is 2.12. The average Bonchev–Trinajstić information content (AvgIpc) is 2.99. The third kappa shape index (κ3) is 1.94. The number of anilines is 1. The highest BCUT2D eigenvalue weighted by Crippen LogP contribution is 2.36. The fourth-order valence-corrected chi connectivity index (χ4v) is 3.09. The van der Waals surface area contributed by atoms with Gasteiger partial charge < -0.3 is 5.73 Å². The van der Waals surface area contributed by atoms with Crippen molar-refractivity contribution in [2.75, 3.05) is 5.73 Å². The van der Waals surface area contributed by atoms with Crippen LogP contribution in [0.1, 0.15) is 0 Å². The summed E-state index contributed by atoms with van der Waals surface area (Å²) in [6.07, 6.45) is 1.78. The molecule has 0 aliphatic carbocycles. The topological polar surface area (TPSA) is 51.8 Å². The molecule has 0 radical (unpaired) electrons. The number of benzene rings is 1. The van der Waals surface area contributed by atoms with Gasteiger partial charge in [-0.25, -0.2) is 9.97 Å². The number of thiazole rings is 2. The molecule has 1 aromatic carbocycles. The zero-order chi connectivity index (χ0) is 11.7. The number of hydrogen-bond acceptors (Lipinski definition) is 5. The van der Waals surface area contributed by atoms with Crippen molar-refractivity contribution in [1.29, 1.82) is 0 Å². The van der Waals surface area contributed by atoms with Crippen LogP contribution in [0.2, 0.25) is 0 Å². The first-order valence-corrected chi connectivity index (χ1v) is 6.76. The third-order valence-electron chi connectivity index (χ3n) is 2.32. The largest absolute Gasteiger partial charge is 0.389 e. The van der Waals surface area contributed by atoms with Gasteiger partial charge in [0.05, 0.1) is 0 Å². The zero-order valence-electron chi connectivity index (χ0n) is 8.83. The van der Waals surface area contributed by atoms with Gasteiger partial charge in [0.15, 0.2) is 10.0 Å². The van der Waals surface area contributed by atoms with Crippen molar-refractivity contribution in [2.24, 2.45) is 0 Å². The number of nitrogen functional groups attached to an aromatic ring is 1. The number of hydrogen-bond donors (Lipinski definition) is 1. The van der Waals surface area contributed by atoms with Crippen LogP contribution in [-0.2, 0) is 0 Å². The Kier molecular flexibility index (Phi) is 2.62. The van der Waals surface area contributed by atoms with E-state index in [9.17, 15) is 0 Å². The van der Waals surface area contributed by atoms with Crippen molar-refractivity contribution in [1.82, 2.24) is 9.97 Å². The summed E-state index contributed by atoms with van der Waals surface area (Å²) in [5.41, 5.74) is 7.91. The van der Waals surface area contributed by atoms with Crippen LogP contribution in [0, 0.1) is 0 Å². The van der Waals surface area contributed by atoms with Crippen molar-refractivity contribution in [3.8, 4) is 21.3 Å². The minimum Gasteiger partial charge on any atom is -0.389 e. The molecule has 0 fully saturated rings. The van der Waals surface area contributed by atoms with Crippen LogP contribution >= 0.6 is 22.7 Å². The number of nitrogens with two attached hydrogens (primary N) is 1. The number of rotatable bonds is 2. The molecular weight excluding hydrogens is 250 g/mol. The zero-order valence-corrected chi connectivity index (χ0v) is 10.5. The SMILES string of the molecule is Nc1sc(-c2nccs2)nc1-c1ccccc1. The maximum absolute atomic E-state index is 6.01. The van der Waals surface area contributed by atoms with E-state index in [1.54, 1.807) is 17.5 Å². The number of nitrogens with zero attached hydrogens (tertiary/aromatic N) is 2. The Morgan fingerprint density at radius 3 is 2.59 bits per heavy atom. The predicted molar refractivity (Wildman–Crippen MR) is 73.1 cm³/mol. The lowest BCUT2D eigenvalue weighted by Gasteiger charge is -1.96. The van der Waals surface area contributed by atoms with E-state index in [4.69, 9.17) is 5.73 Å². The van der Waals surface area contributed by atoms with Crippen LogP contribution in [0.3, 0.4) is 0 Å². The quantitative estimate of drug-likeness (QED) is 0.766. The molecule has 0 bridgehead atoms. The molecule has 5 heteroatoms. The second-order valence-corrected chi connectivity index (χ2v) is 5.36. The summed E-state index contributed by atoms with van der Waals surface area (Å²) in [6.45, 7) is 0. The van der Waals surface area contributed by atoms with Crippen molar-refractivity contribution in [2.45, 2.75) is 0 Å². The summed E-state index contributed by atoms with van der Waals surface area (Å²) >= 11 is 3.06. The first kappa shape index (κ1) is 10.4. The molecular formula is C12H9N3S2. The van der Waals surface area contributed by atoms with Gasteiger partial charge in [0.1, 0.15) is 10.7 Å². The first-order chi connectivity index (χ1) is 8.34.